The molecule has 0 bridgehead atoms. The van der Waals surface area contributed by atoms with E-state index in [0.29, 0.717) is 0 Å². The minimum atomic E-state index is -5.86. The van der Waals surface area contributed by atoms with Gasteiger partial charge in [0.2, 0.25) is 0 Å². The molecule has 0 fully saturated rings. The molecule has 4 nitrogen and oxygen atoms in total. The van der Waals surface area contributed by atoms with Crippen molar-refractivity contribution in [2.45, 2.75) is 18.3 Å². The zero-order valence-corrected chi connectivity index (χ0v) is 7.45. The van der Waals surface area contributed by atoms with Crippen molar-refractivity contribution in [2.24, 2.45) is 0 Å². The van der Waals surface area contributed by atoms with Crippen LogP contribution in [0, 0.1) is 0 Å². The lowest BCUT2D eigenvalue weighted by molar-refractivity contribution is -0.250. The third-order valence-corrected chi connectivity index (χ3v) is 1.47. The molecule has 0 radical (unpaired) electrons. The zero-order chi connectivity index (χ0) is 12.5. The Morgan fingerprint density at radius 3 is 1.87 bits per heavy atom. The van der Waals surface area contributed by atoms with E-state index in [-0.39, 0.29) is 0 Å². The SMILES string of the molecule is O=S(=O)(O)OCC(F)(F)C(F)C(F)(F)F. The Bertz CT molecular complexity index is 308. The Kier molecular flexibility index (Phi) is 3.98. The molecule has 0 saturated carbocycles. The lowest BCUT2D eigenvalue weighted by Crippen LogP contribution is -2.45. The Balaban J connectivity index is 4.56. The molecule has 1 N–H and O–H groups in total. The zero-order valence-electron chi connectivity index (χ0n) is 6.63. The van der Waals surface area contributed by atoms with Crippen molar-refractivity contribution in [2.75, 3.05) is 6.61 Å². The Morgan fingerprint density at radius 2 is 1.60 bits per heavy atom. The third-order valence-electron chi connectivity index (χ3n) is 1.06. The molecule has 0 aromatic heterocycles. The Labute approximate surface area is 79.8 Å². The molecule has 11 heteroatoms. The molecule has 0 amide bonds. The van der Waals surface area contributed by atoms with E-state index in [9.17, 15) is 34.8 Å². The maximum absolute atomic E-state index is 12.2. The van der Waals surface area contributed by atoms with Gasteiger partial charge in [-0.1, -0.05) is 0 Å². The van der Waals surface area contributed by atoms with E-state index >= 15 is 0 Å². The third kappa shape index (κ3) is 5.18. The smallest absolute Gasteiger partial charge is 0.264 e. The van der Waals surface area contributed by atoms with Gasteiger partial charge >= 0.3 is 22.5 Å². The highest BCUT2D eigenvalue weighted by molar-refractivity contribution is 7.80. The minimum Gasteiger partial charge on any atom is -0.264 e. The maximum atomic E-state index is 12.2. The fourth-order valence-electron chi connectivity index (χ4n) is 0.466. The Hall–Kier alpha value is -0.550. The van der Waals surface area contributed by atoms with Crippen LogP contribution in [-0.4, -0.2) is 37.8 Å². The molecule has 0 aromatic carbocycles. The van der Waals surface area contributed by atoms with Gasteiger partial charge in [0.15, 0.2) is 0 Å². The molecule has 0 rings (SSSR count). The first-order chi connectivity index (χ1) is 6.36. The molecule has 15 heavy (non-hydrogen) atoms. The fraction of sp³-hybridized carbons (Fsp3) is 1.00. The summed E-state index contributed by atoms with van der Waals surface area (Å²) in [6.07, 6.45) is -10.4. The van der Waals surface area contributed by atoms with Crippen LogP contribution >= 0.6 is 0 Å². The first-order valence-corrected chi connectivity index (χ1v) is 4.43. The summed E-state index contributed by atoms with van der Waals surface area (Å²) >= 11 is 0. The normalized spacial score (nSPS) is 16.5. The van der Waals surface area contributed by atoms with E-state index in [1.165, 1.54) is 0 Å². The van der Waals surface area contributed by atoms with E-state index in [1.807, 2.05) is 0 Å². The van der Waals surface area contributed by atoms with Crippen LogP contribution in [0.1, 0.15) is 0 Å². The Morgan fingerprint density at radius 1 is 1.20 bits per heavy atom. The van der Waals surface area contributed by atoms with Crippen molar-refractivity contribution in [1.82, 2.24) is 0 Å². The van der Waals surface area contributed by atoms with E-state index in [1.54, 1.807) is 0 Å². The predicted molar refractivity (Wildman–Crippen MR) is 33.4 cm³/mol. The van der Waals surface area contributed by atoms with Gasteiger partial charge < -0.3 is 0 Å². The van der Waals surface area contributed by atoms with E-state index < -0.39 is 35.3 Å². The summed E-state index contributed by atoms with van der Waals surface area (Å²) in [5.74, 6) is -5.10. The van der Waals surface area contributed by atoms with Crippen LogP contribution in [0.3, 0.4) is 0 Å². The summed E-state index contributed by atoms with van der Waals surface area (Å²) < 4.78 is 101. The molecule has 0 aliphatic rings. The monoisotopic (exact) mass is 262 g/mol. The summed E-state index contributed by atoms with van der Waals surface area (Å²) in [5.41, 5.74) is 0. The molecular weight excluding hydrogens is 258 g/mol. The molecule has 1 atom stereocenters. The molecule has 0 heterocycles. The van der Waals surface area contributed by atoms with E-state index in [0.717, 1.165) is 0 Å². The van der Waals surface area contributed by atoms with Crippen LogP contribution < -0.4 is 0 Å². The summed E-state index contributed by atoms with van der Waals surface area (Å²) in [6.45, 7) is -2.44. The molecule has 0 aliphatic carbocycles. The van der Waals surface area contributed by atoms with Gasteiger partial charge in [-0.15, -0.1) is 0 Å². The van der Waals surface area contributed by atoms with Gasteiger partial charge in [0.05, 0.1) is 0 Å². The van der Waals surface area contributed by atoms with Gasteiger partial charge in [-0.25, -0.2) is 17.4 Å². The second kappa shape index (κ2) is 4.14. The van der Waals surface area contributed by atoms with Gasteiger partial charge in [-0.05, 0) is 0 Å². The highest BCUT2D eigenvalue weighted by Gasteiger charge is 2.57. The summed E-state index contributed by atoms with van der Waals surface area (Å²) in [6, 6.07) is 0. The number of rotatable bonds is 4. The van der Waals surface area contributed by atoms with Crippen molar-refractivity contribution in [3.63, 3.8) is 0 Å². The first-order valence-electron chi connectivity index (χ1n) is 3.07. The highest BCUT2D eigenvalue weighted by Crippen LogP contribution is 2.35. The summed E-state index contributed by atoms with van der Waals surface area (Å²) in [4.78, 5) is 0. The van der Waals surface area contributed by atoms with E-state index in [2.05, 4.69) is 4.18 Å². The maximum Gasteiger partial charge on any atom is 0.425 e. The average Bonchev–Trinajstić information content (AvgIpc) is 1.97. The fourth-order valence-corrected chi connectivity index (χ4v) is 0.772. The van der Waals surface area contributed by atoms with Crippen LogP contribution in [0.2, 0.25) is 0 Å². The topological polar surface area (TPSA) is 63.6 Å². The predicted octanol–water partition coefficient (Wildman–Crippen LogP) is 1.34. The summed E-state index contributed by atoms with van der Waals surface area (Å²) in [7, 11) is -5.35. The van der Waals surface area contributed by atoms with Crippen LogP contribution in [0.5, 0.6) is 0 Å². The van der Waals surface area contributed by atoms with Crippen LogP contribution in [0.15, 0.2) is 0 Å². The van der Waals surface area contributed by atoms with Gasteiger partial charge in [0, 0.05) is 0 Å². The van der Waals surface area contributed by atoms with Crippen molar-refractivity contribution in [3.8, 4) is 0 Å². The largest absolute Gasteiger partial charge is 0.425 e. The quantitative estimate of drug-likeness (QED) is 0.613. The average molecular weight is 262 g/mol. The minimum absolute atomic E-state index is 2.44. The van der Waals surface area contributed by atoms with Gasteiger partial charge in [0.25, 0.3) is 6.17 Å². The van der Waals surface area contributed by atoms with Crippen LogP contribution in [0.25, 0.3) is 0 Å². The van der Waals surface area contributed by atoms with Crippen molar-refractivity contribution in [1.29, 1.82) is 0 Å². The van der Waals surface area contributed by atoms with Gasteiger partial charge in [-0.2, -0.15) is 21.6 Å². The van der Waals surface area contributed by atoms with Crippen molar-refractivity contribution < 1.29 is 43.5 Å². The number of hydrogen-bond acceptors (Lipinski definition) is 3. The molecule has 0 aromatic rings. The first kappa shape index (κ1) is 14.5. The van der Waals surface area contributed by atoms with Gasteiger partial charge in [0.1, 0.15) is 6.61 Å². The van der Waals surface area contributed by atoms with E-state index in [4.69, 9.17) is 4.55 Å². The lowest BCUT2D eigenvalue weighted by atomic mass is 10.2. The number of halogens is 6. The van der Waals surface area contributed by atoms with Crippen molar-refractivity contribution in [3.05, 3.63) is 0 Å². The number of alkyl halides is 6. The molecule has 1 unspecified atom stereocenters. The second-order valence-corrected chi connectivity index (χ2v) is 3.45. The highest BCUT2D eigenvalue weighted by atomic mass is 32.3. The van der Waals surface area contributed by atoms with Crippen LogP contribution in [-0.2, 0) is 14.6 Å². The summed E-state index contributed by atoms with van der Waals surface area (Å²) in [5, 5.41) is 0. The second-order valence-electron chi connectivity index (χ2n) is 2.36. The van der Waals surface area contributed by atoms with Crippen molar-refractivity contribution >= 4 is 10.4 Å². The molecular formula is C4H4F6O4S. The van der Waals surface area contributed by atoms with Crippen LogP contribution in [0.4, 0.5) is 26.3 Å². The molecule has 0 saturated heterocycles. The standard InChI is InChI=1S/C4H4F6O4S/c5-2(4(8,9)10)3(6,7)1-14-15(11,12)13/h2H,1H2,(H,11,12,13). The molecule has 92 valence electrons. The van der Waals surface area contributed by atoms with Gasteiger partial charge in [-0.3, -0.25) is 4.55 Å². The molecule has 0 spiro atoms. The number of hydrogen-bond donors (Lipinski definition) is 1. The lowest BCUT2D eigenvalue weighted by Gasteiger charge is -2.21. The molecule has 0 aliphatic heterocycles.